The van der Waals surface area contributed by atoms with Crippen LogP contribution in [-0.4, -0.2) is 5.11 Å². The van der Waals surface area contributed by atoms with Crippen LogP contribution in [0, 0.1) is 6.92 Å². The number of hydrogen-bond acceptors (Lipinski definition) is 2. The zero-order valence-electron chi connectivity index (χ0n) is 7.17. The van der Waals surface area contributed by atoms with E-state index in [1.807, 2.05) is 25.1 Å². The van der Waals surface area contributed by atoms with Crippen molar-refractivity contribution in [1.82, 2.24) is 0 Å². The maximum absolute atomic E-state index is 9.09. The van der Waals surface area contributed by atoms with E-state index in [1.54, 1.807) is 0 Å². The van der Waals surface area contributed by atoms with Gasteiger partial charge in [0, 0.05) is 15.4 Å². The number of furan rings is 1. The van der Waals surface area contributed by atoms with Crippen molar-refractivity contribution < 1.29 is 9.52 Å². The predicted molar refractivity (Wildman–Crippen MR) is 54.6 cm³/mol. The van der Waals surface area contributed by atoms with Gasteiger partial charge in [-0.3, -0.25) is 0 Å². The van der Waals surface area contributed by atoms with E-state index in [1.165, 1.54) is 0 Å². The number of aliphatic hydroxyl groups is 1. The first-order valence-electron chi connectivity index (χ1n) is 4.00. The molecule has 0 saturated heterocycles. The number of aryl methyl sites for hydroxylation is 1. The van der Waals surface area contributed by atoms with Crippen LogP contribution in [0.15, 0.2) is 27.1 Å². The molecule has 68 valence electrons. The Balaban J connectivity index is 2.80. The average molecular weight is 241 g/mol. The Morgan fingerprint density at radius 2 is 2.15 bits per heavy atom. The molecule has 2 aromatic rings. The van der Waals surface area contributed by atoms with Crippen molar-refractivity contribution >= 4 is 26.9 Å². The van der Waals surface area contributed by atoms with E-state index in [2.05, 4.69) is 15.9 Å². The van der Waals surface area contributed by atoms with Crippen molar-refractivity contribution in [2.45, 2.75) is 13.5 Å². The van der Waals surface area contributed by atoms with Gasteiger partial charge >= 0.3 is 0 Å². The monoisotopic (exact) mass is 240 g/mol. The molecule has 13 heavy (non-hydrogen) atoms. The van der Waals surface area contributed by atoms with E-state index in [9.17, 15) is 0 Å². The maximum atomic E-state index is 9.09. The van der Waals surface area contributed by atoms with Crippen LogP contribution in [0.1, 0.15) is 11.3 Å². The van der Waals surface area contributed by atoms with E-state index in [4.69, 9.17) is 9.52 Å². The Morgan fingerprint density at radius 1 is 1.38 bits per heavy atom. The molecule has 0 aliphatic rings. The van der Waals surface area contributed by atoms with Crippen molar-refractivity contribution in [1.29, 1.82) is 0 Å². The second-order valence-corrected chi connectivity index (χ2v) is 3.91. The standard InChI is InChI=1S/C10H9BrO2/c1-6-2-7-3-9(11)4-8(5-12)10(7)13-6/h2-4,12H,5H2,1H3. The minimum Gasteiger partial charge on any atom is -0.461 e. The van der Waals surface area contributed by atoms with Crippen LogP contribution in [0.3, 0.4) is 0 Å². The molecule has 0 bridgehead atoms. The molecule has 1 N–H and O–H groups in total. The van der Waals surface area contributed by atoms with E-state index in [-0.39, 0.29) is 6.61 Å². The van der Waals surface area contributed by atoms with Crippen molar-refractivity contribution in [3.8, 4) is 0 Å². The van der Waals surface area contributed by atoms with Crippen LogP contribution in [-0.2, 0) is 6.61 Å². The smallest absolute Gasteiger partial charge is 0.139 e. The minimum absolute atomic E-state index is 0.00287. The van der Waals surface area contributed by atoms with Crippen molar-refractivity contribution in [2.75, 3.05) is 0 Å². The summed E-state index contributed by atoms with van der Waals surface area (Å²) in [4.78, 5) is 0. The number of fused-ring (bicyclic) bond motifs is 1. The van der Waals surface area contributed by atoms with Gasteiger partial charge in [-0.15, -0.1) is 0 Å². The lowest BCUT2D eigenvalue weighted by Gasteiger charge is -1.98. The minimum atomic E-state index is 0.00287. The molecule has 0 amide bonds. The lowest BCUT2D eigenvalue weighted by molar-refractivity contribution is 0.281. The molecule has 0 fully saturated rings. The van der Waals surface area contributed by atoms with Crippen molar-refractivity contribution in [2.24, 2.45) is 0 Å². The number of aliphatic hydroxyl groups excluding tert-OH is 1. The van der Waals surface area contributed by atoms with Crippen LogP contribution >= 0.6 is 15.9 Å². The van der Waals surface area contributed by atoms with Crippen LogP contribution in [0.25, 0.3) is 11.0 Å². The van der Waals surface area contributed by atoms with E-state index >= 15 is 0 Å². The van der Waals surface area contributed by atoms with Crippen molar-refractivity contribution in [3.63, 3.8) is 0 Å². The van der Waals surface area contributed by atoms with Gasteiger partial charge in [0.2, 0.25) is 0 Å². The van der Waals surface area contributed by atoms with Gasteiger partial charge in [0.05, 0.1) is 6.61 Å². The molecule has 0 aliphatic carbocycles. The summed E-state index contributed by atoms with van der Waals surface area (Å²) in [7, 11) is 0. The van der Waals surface area contributed by atoms with Gasteiger partial charge in [-0.05, 0) is 25.1 Å². The second-order valence-electron chi connectivity index (χ2n) is 3.00. The molecule has 1 aromatic carbocycles. The van der Waals surface area contributed by atoms with Crippen LogP contribution in [0.2, 0.25) is 0 Å². The molecule has 1 heterocycles. The fourth-order valence-electron chi connectivity index (χ4n) is 1.43. The normalized spacial score (nSPS) is 11.0. The average Bonchev–Trinajstić information content (AvgIpc) is 2.43. The van der Waals surface area contributed by atoms with Crippen LogP contribution < -0.4 is 0 Å². The highest BCUT2D eigenvalue weighted by molar-refractivity contribution is 9.10. The Labute approximate surface area is 84.3 Å². The summed E-state index contributed by atoms with van der Waals surface area (Å²) in [6, 6.07) is 5.80. The molecule has 0 unspecified atom stereocenters. The summed E-state index contributed by atoms with van der Waals surface area (Å²) in [5, 5.41) is 10.1. The summed E-state index contributed by atoms with van der Waals surface area (Å²) in [6.45, 7) is 1.90. The van der Waals surface area contributed by atoms with Gasteiger partial charge in [-0.1, -0.05) is 15.9 Å². The lowest BCUT2D eigenvalue weighted by atomic mass is 10.1. The highest BCUT2D eigenvalue weighted by Gasteiger charge is 2.06. The van der Waals surface area contributed by atoms with E-state index in [0.29, 0.717) is 0 Å². The molecule has 0 radical (unpaired) electrons. The quantitative estimate of drug-likeness (QED) is 0.832. The zero-order valence-corrected chi connectivity index (χ0v) is 8.76. The molecule has 3 heteroatoms. The van der Waals surface area contributed by atoms with E-state index < -0.39 is 0 Å². The predicted octanol–water partition coefficient (Wildman–Crippen LogP) is 3.00. The first kappa shape index (κ1) is 8.78. The molecule has 0 saturated carbocycles. The first-order valence-corrected chi connectivity index (χ1v) is 4.79. The van der Waals surface area contributed by atoms with Crippen LogP contribution in [0.4, 0.5) is 0 Å². The SMILES string of the molecule is Cc1cc2cc(Br)cc(CO)c2o1. The first-order chi connectivity index (χ1) is 6.20. The Bertz CT molecular complexity index is 445. The number of hydrogen-bond donors (Lipinski definition) is 1. The number of rotatable bonds is 1. The number of benzene rings is 1. The highest BCUT2D eigenvalue weighted by Crippen LogP contribution is 2.27. The molecule has 0 aliphatic heterocycles. The molecule has 0 atom stereocenters. The summed E-state index contributed by atoms with van der Waals surface area (Å²) in [6.07, 6.45) is 0. The third kappa shape index (κ3) is 1.49. The molecular formula is C10H9BrO2. The molecule has 1 aromatic heterocycles. The lowest BCUT2D eigenvalue weighted by Crippen LogP contribution is -1.83. The zero-order chi connectivity index (χ0) is 9.42. The van der Waals surface area contributed by atoms with E-state index in [0.717, 1.165) is 26.8 Å². The summed E-state index contributed by atoms with van der Waals surface area (Å²) >= 11 is 3.38. The second kappa shape index (κ2) is 3.16. The maximum Gasteiger partial charge on any atom is 0.139 e. The van der Waals surface area contributed by atoms with Gasteiger partial charge in [0.15, 0.2) is 0 Å². The summed E-state index contributed by atoms with van der Waals surface area (Å²) in [5.41, 5.74) is 1.60. The Hall–Kier alpha value is -0.800. The topological polar surface area (TPSA) is 33.4 Å². The van der Waals surface area contributed by atoms with Gasteiger partial charge in [-0.2, -0.15) is 0 Å². The van der Waals surface area contributed by atoms with Crippen molar-refractivity contribution in [3.05, 3.63) is 34.0 Å². The fourth-order valence-corrected chi connectivity index (χ4v) is 1.95. The van der Waals surface area contributed by atoms with Gasteiger partial charge in [0.1, 0.15) is 11.3 Å². The molecule has 0 spiro atoms. The van der Waals surface area contributed by atoms with Gasteiger partial charge in [0.25, 0.3) is 0 Å². The largest absolute Gasteiger partial charge is 0.461 e. The number of halogens is 1. The Morgan fingerprint density at radius 3 is 2.85 bits per heavy atom. The molecule has 2 rings (SSSR count). The van der Waals surface area contributed by atoms with Crippen LogP contribution in [0.5, 0.6) is 0 Å². The third-order valence-corrected chi connectivity index (χ3v) is 2.41. The Kier molecular flexibility index (Phi) is 2.14. The molecular weight excluding hydrogens is 232 g/mol. The highest BCUT2D eigenvalue weighted by atomic mass is 79.9. The summed E-state index contributed by atoms with van der Waals surface area (Å²) in [5.74, 6) is 0.864. The third-order valence-electron chi connectivity index (χ3n) is 1.95. The molecule has 2 nitrogen and oxygen atoms in total. The van der Waals surface area contributed by atoms with Gasteiger partial charge < -0.3 is 9.52 Å². The summed E-state index contributed by atoms with van der Waals surface area (Å²) < 4.78 is 6.43. The fraction of sp³-hybridized carbons (Fsp3) is 0.200. The van der Waals surface area contributed by atoms with Gasteiger partial charge in [-0.25, -0.2) is 0 Å².